The fraction of sp³-hybridized carbons (Fsp3) is 0.500. The Labute approximate surface area is 223 Å². The number of halogens is 3. The van der Waals surface area contributed by atoms with E-state index in [1.807, 2.05) is 41.3 Å². The van der Waals surface area contributed by atoms with Gasteiger partial charge in [0.2, 0.25) is 0 Å². The van der Waals surface area contributed by atoms with Gasteiger partial charge in [0.1, 0.15) is 5.69 Å². The number of aliphatic hydroxyl groups excluding tert-OH is 1. The van der Waals surface area contributed by atoms with Gasteiger partial charge in [-0.15, -0.1) is 10.2 Å². The van der Waals surface area contributed by atoms with Crippen molar-refractivity contribution < 1.29 is 23.1 Å². The number of carbonyl (C=O) groups is 1. The van der Waals surface area contributed by atoms with Crippen molar-refractivity contribution in [2.45, 2.75) is 56.7 Å². The first kappa shape index (κ1) is 27.2. The highest BCUT2D eigenvalue weighted by Crippen LogP contribution is 2.26. The summed E-state index contributed by atoms with van der Waals surface area (Å²) in [5, 5.41) is 25.2. The van der Waals surface area contributed by atoms with Crippen LogP contribution in [0.3, 0.4) is 0 Å². The number of carbonyl (C=O) groups excluding carboxylic acids is 1. The molecule has 1 unspecified atom stereocenters. The highest BCUT2D eigenvalue weighted by Gasteiger charge is 2.31. The molecule has 0 radical (unpaired) electrons. The number of aromatic nitrogens is 5. The van der Waals surface area contributed by atoms with Crippen molar-refractivity contribution in [3.8, 4) is 0 Å². The third-order valence-electron chi connectivity index (χ3n) is 7.16. The van der Waals surface area contributed by atoms with E-state index in [4.69, 9.17) is 0 Å². The predicted molar refractivity (Wildman–Crippen MR) is 134 cm³/mol. The summed E-state index contributed by atoms with van der Waals surface area (Å²) in [6, 6.07) is 13.6. The summed E-state index contributed by atoms with van der Waals surface area (Å²) in [5.41, 5.74) is 2.31. The summed E-state index contributed by atoms with van der Waals surface area (Å²) in [5.74, 6) is 0.0643. The molecule has 5 rings (SSSR count). The van der Waals surface area contributed by atoms with Crippen LogP contribution >= 0.6 is 0 Å². The summed E-state index contributed by atoms with van der Waals surface area (Å²) in [7, 11) is 0. The van der Waals surface area contributed by atoms with Crippen molar-refractivity contribution >= 4 is 5.91 Å². The van der Waals surface area contributed by atoms with Gasteiger partial charge in [-0.1, -0.05) is 36.4 Å². The monoisotopic (exact) mass is 544 g/mol. The first-order valence-electron chi connectivity index (χ1n) is 13.0. The maximum Gasteiger partial charge on any atom is 0.409 e. The van der Waals surface area contributed by atoms with E-state index in [0.29, 0.717) is 36.7 Å². The highest BCUT2D eigenvalue weighted by atomic mass is 19.4. The number of pyridine rings is 1. The summed E-state index contributed by atoms with van der Waals surface area (Å²) in [6.45, 7) is 1.02. The van der Waals surface area contributed by atoms with E-state index >= 15 is 0 Å². The number of benzene rings is 1. The molecule has 2 aliphatic heterocycles. The molecule has 1 amide bonds. The Bertz CT molecular complexity index is 1230. The number of alkyl halides is 3. The van der Waals surface area contributed by atoms with Crippen molar-refractivity contribution in [2.75, 3.05) is 26.2 Å². The summed E-state index contributed by atoms with van der Waals surface area (Å²) < 4.78 is 37.4. The molecular weight excluding hydrogens is 513 g/mol. The van der Waals surface area contributed by atoms with Crippen molar-refractivity contribution in [1.29, 1.82) is 0 Å². The van der Waals surface area contributed by atoms with Crippen LogP contribution in [0, 0.1) is 0 Å². The third kappa shape index (κ3) is 7.16. The topological polar surface area (TPSA) is 112 Å². The first-order chi connectivity index (χ1) is 18.7. The Hall–Kier alpha value is -3.42. The van der Waals surface area contributed by atoms with Crippen LogP contribution in [-0.4, -0.2) is 90.4 Å². The molecule has 1 aromatic carbocycles. The van der Waals surface area contributed by atoms with Crippen molar-refractivity contribution in [2.24, 2.45) is 0 Å². The van der Waals surface area contributed by atoms with Gasteiger partial charge in [0.25, 0.3) is 5.91 Å². The van der Waals surface area contributed by atoms with Gasteiger partial charge in [0.05, 0.1) is 12.6 Å². The van der Waals surface area contributed by atoms with Crippen LogP contribution in [0.15, 0.2) is 48.7 Å². The lowest BCUT2D eigenvalue weighted by atomic mass is 10.0. The molecule has 13 heteroatoms. The van der Waals surface area contributed by atoms with Crippen LogP contribution < -0.4 is 5.32 Å². The van der Waals surface area contributed by atoms with Gasteiger partial charge in [-0.25, -0.2) is 0 Å². The quantitative estimate of drug-likeness (QED) is 0.443. The van der Waals surface area contributed by atoms with Gasteiger partial charge in [-0.05, 0) is 41.7 Å². The van der Waals surface area contributed by atoms with E-state index in [-0.39, 0.29) is 30.4 Å². The molecule has 0 saturated carbocycles. The summed E-state index contributed by atoms with van der Waals surface area (Å²) >= 11 is 0. The van der Waals surface area contributed by atoms with E-state index < -0.39 is 18.8 Å². The molecule has 2 N–H and O–H groups in total. The smallest absolute Gasteiger partial charge is 0.387 e. The van der Waals surface area contributed by atoms with E-state index in [1.54, 1.807) is 17.2 Å². The molecule has 2 aromatic heterocycles. The van der Waals surface area contributed by atoms with Crippen molar-refractivity contribution in [1.82, 2.24) is 40.3 Å². The number of aliphatic hydroxyl groups is 1. The van der Waals surface area contributed by atoms with Crippen molar-refractivity contribution in [3.05, 3.63) is 71.3 Å². The van der Waals surface area contributed by atoms with Crippen LogP contribution in [0.1, 0.15) is 46.4 Å². The second-order valence-corrected chi connectivity index (χ2v) is 10.1. The highest BCUT2D eigenvalue weighted by molar-refractivity contribution is 5.92. The maximum absolute atomic E-state index is 13.0. The zero-order valence-electron chi connectivity index (χ0n) is 21.3. The fourth-order valence-corrected chi connectivity index (χ4v) is 5.14. The number of amides is 1. The number of tetrazole rings is 1. The number of piperazine rings is 1. The zero-order chi connectivity index (χ0) is 27.4. The molecule has 3 atom stereocenters. The van der Waals surface area contributed by atoms with Gasteiger partial charge >= 0.3 is 6.18 Å². The third-order valence-corrected chi connectivity index (χ3v) is 7.16. The van der Waals surface area contributed by atoms with Gasteiger partial charge in [-0.3, -0.25) is 14.7 Å². The van der Waals surface area contributed by atoms with Gasteiger partial charge < -0.3 is 15.3 Å². The summed E-state index contributed by atoms with van der Waals surface area (Å²) in [4.78, 5) is 21.6. The minimum absolute atomic E-state index is 0.00695. The van der Waals surface area contributed by atoms with Crippen LogP contribution in [0.25, 0.3) is 0 Å². The molecule has 3 aromatic rings. The zero-order valence-corrected chi connectivity index (χ0v) is 21.3. The number of hydrogen-bond donors (Lipinski definition) is 2. The number of nitrogens with one attached hydrogen (secondary N) is 1. The molecule has 10 nitrogen and oxygen atoms in total. The predicted octanol–water partition coefficient (Wildman–Crippen LogP) is 1.99. The average molecular weight is 545 g/mol. The molecule has 0 bridgehead atoms. The summed E-state index contributed by atoms with van der Waals surface area (Å²) in [6.07, 6.45) is -0.609. The maximum atomic E-state index is 13.0. The Morgan fingerprint density at radius 3 is 2.54 bits per heavy atom. The van der Waals surface area contributed by atoms with Crippen LogP contribution in [0.5, 0.6) is 0 Å². The van der Waals surface area contributed by atoms with Crippen molar-refractivity contribution in [3.63, 3.8) is 0 Å². The molecule has 0 spiro atoms. The van der Waals surface area contributed by atoms with E-state index in [1.165, 1.54) is 0 Å². The number of nitrogens with zero attached hydrogens (tertiary/aromatic N) is 7. The Morgan fingerprint density at radius 1 is 1.08 bits per heavy atom. The SMILES string of the molecule is O=C(c1ccc(C[C@@H]2CC[C@H](C(O)c3ccccc3)N2)cn1)N1CCN(Cc2nnn(CC(F)(F)F)n2)CC1. The molecule has 2 aliphatic rings. The normalized spacial score (nSPS) is 21.3. The fourth-order valence-electron chi connectivity index (χ4n) is 5.14. The Kier molecular flexibility index (Phi) is 8.19. The number of hydrogen-bond acceptors (Lipinski definition) is 8. The lowest BCUT2D eigenvalue weighted by Gasteiger charge is -2.33. The Balaban J connectivity index is 1.07. The Morgan fingerprint density at radius 2 is 1.85 bits per heavy atom. The van der Waals surface area contributed by atoms with Gasteiger partial charge in [0.15, 0.2) is 12.4 Å². The molecule has 0 aliphatic carbocycles. The minimum atomic E-state index is -4.40. The lowest BCUT2D eigenvalue weighted by molar-refractivity contribution is -0.145. The van der Waals surface area contributed by atoms with Crippen LogP contribution in [-0.2, 0) is 19.5 Å². The van der Waals surface area contributed by atoms with Gasteiger partial charge in [-0.2, -0.15) is 18.0 Å². The molecular formula is C26H31F3N8O2. The van der Waals surface area contributed by atoms with E-state index in [0.717, 1.165) is 30.4 Å². The molecule has 2 fully saturated rings. The number of rotatable bonds is 8. The molecule has 208 valence electrons. The first-order valence-corrected chi connectivity index (χ1v) is 13.0. The van der Waals surface area contributed by atoms with Crippen LogP contribution in [0.2, 0.25) is 0 Å². The molecule has 4 heterocycles. The molecule has 2 saturated heterocycles. The minimum Gasteiger partial charge on any atom is -0.387 e. The van der Waals surface area contributed by atoms with Gasteiger partial charge in [0, 0.05) is 44.5 Å². The molecule has 39 heavy (non-hydrogen) atoms. The standard InChI is InChI=1S/C26H31F3N8O2/c27-26(28,29)17-37-33-23(32-34-37)16-35-10-12-36(13-11-35)25(39)22-8-6-18(15-30-22)14-20-7-9-21(31-20)24(38)19-4-2-1-3-5-19/h1-6,8,15,20-21,24,31,38H,7,9-14,16-17H2/t20-,21+,24?/m0/s1. The lowest BCUT2D eigenvalue weighted by Crippen LogP contribution is -2.48. The van der Waals surface area contributed by atoms with Crippen LogP contribution in [0.4, 0.5) is 13.2 Å². The van der Waals surface area contributed by atoms with E-state index in [2.05, 4.69) is 25.7 Å². The second kappa shape index (κ2) is 11.8. The second-order valence-electron chi connectivity index (χ2n) is 10.1. The largest absolute Gasteiger partial charge is 0.409 e. The average Bonchev–Trinajstić information content (AvgIpc) is 3.57. The van der Waals surface area contributed by atoms with E-state index in [9.17, 15) is 23.1 Å².